The van der Waals surface area contributed by atoms with Gasteiger partial charge in [0.2, 0.25) is 0 Å². The van der Waals surface area contributed by atoms with Crippen molar-refractivity contribution in [1.82, 2.24) is 4.90 Å². The van der Waals surface area contributed by atoms with Crippen LogP contribution in [0.2, 0.25) is 6.04 Å². The minimum absolute atomic E-state index is 0.641. The molecule has 0 aromatic heterocycles. The van der Waals surface area contributed by atoms with Gasteiger partial charge in [-0.15, -0.1) is 0 Å². The van der Waals surface area contributed by atoms with Crippen LogP contribution in [-0.2, 0) is 13.3 Å². The van der Waals surface area contributed by atoms with Gasteiger partial charge in [0.1, 0.15) is 0 Å². The van der Waals surface area contributed by atoms with Crippen molar-refractivity contribution in [1.29, 1.82) is 0 Å². The van der Waals surface area contributed by atoms with Crippen molar-refractivity contribution in [2.24, 2.45) is 5.73 Å². The average Bonchev–Trinajstić information content (AvgIpc) is 2.29. The van der Waals surface area contributed by atoms with Crippen LogP contribution in [0.3, 0.4) is 0 Å². The minimum atomic E-state index is -2.43. The molecular weight excluding hydrogens is 224 g/mol. The zero-order chi connectivity index (χ0) is 12.4. The van der Waals surface area contributed by atoms with Crippen LogP contribution in [0.5, 0.6) is 0 Å². The molecule has 16 heavy (non-hydrogen) atoms. The SMILES string of the molecule is CO[Si](CCCN)(OC)OCCCN(C)C. The highest BCUT2D eigenvalue weighted by atomic mass is 28.4. The topological polar surface area (TPSA) is 57.0 Å². The summed E-state index contributed by atoms with van der Waals surface area (Å²) < 4.78 is 16.6. The molecule has 0 aliphatic carbocycles. The highest BCUT2D eigenvalue weighted by Crippen LogP contribution is 2.15. The van der Waals surface area contributed by atoms with Gasteiger partial charge in [-0.05, 0) is 40.0 Å². The molecule has 0 heterocycles. The van der Waals surface area contributed by atoms with Gasteiger partial charge in [0, 0.05) is 26.9 Å². The third kappa shape index (κ3) is 6.57. The molecule has 5 nitrogen and oxygen atoms in total. The summed E-state index contributed by atoms with van der Waals surface area (Å²) in [5.74, 6) is 0. The van der Waals surface area contributed by atoms with Crippen LogP contribution in [0.25, 0.3) is 0 Å². The summed E-state index contributed by atoms with van der Waals surface area (Å²) >= 11 is 0. The van der Waals surface area contributed by atoms with Crippen molar-refractivity contribution in [2.75, 3.05) is 48.0 Å². The highest BCUT2D eigenvalue weighted by molar-refractivity contribution is 6.60. The molecule has 0 aliphatic rings. The van der Waals surface area contributed by atoms with E-state index in [2.05, 4.69) is 4.90 Å². The predicted octanol–water partition coefficient (Wildman–Crippen LogP) is 0.535. The lowest BCUT2D eigenvalue weighted by Gasteiger charge is -2.26. The van der Waals surface area contributed by atoms with E-state index < -0.39 is 8.80 Å². The van der Waals surface area contributed by atoms with Crippen LogP contribution in [-0.4, -0.2) is 61.7 Å². The lowest BCUT2D eigenvalue weighted by Crippen LogP contribution is -2.44. The van der Waals surface area contributed by atoms with Gasteiger partial charge in [0.25, 0.3) is 0 Å². The maximum atomic E-state index is 5.79. The normalized spacial score (nSPS) is 12.4. The number of nitrogens with two attached hydrogens (primary N) is 1. The summed E-state index contributed by atoms with van der Waals surface area (Å²) in [6.07, 6.45) is 1.86. The van der Waals surface area contributed by atoms with E-state index in [-0.39, 0.29) is 0 Å². The Hall–Kier alpha value is 0.0169. The van der Waals surface area contributed by atoms with Crippen LogP contribution in [0.15, 0.2) is 0 Å². The van der Waals surface area contributed by atoms with E-state index in [4.69, 9.17) is 19.0 Å². The fourth-order valence-electron chi connectivity index (χ4n) is 1.40. The lowest BCUT2D eigenvalue weighted by atomic mass is 10.4. The van der Waals surface area contributed by atoms with Crippen molar-refractivity contribution in [3.05, 3.63) is 0 Å². The first-order valence-corrected chi connectivity index (χ1v) is 7.62. The number of hydrogen-bond donors (Lipinski definition) is 1. The van der Waals surface area contributed by atoms with Gasteiger partial charge >= 0.3 is 8.80 Å². The Bertz CT molecular complexity index is 166. The van der Waals surface area contributed by atoms with E-state index in [1.54, 1.807) is 14.2 Å². The fourth-order valence-corrected chi connectivity index (χ4v) is 3.45. The molecule has 0 atom stereocenters. The van der Waals surface area contributed by atoms with Gasteiger partial charge in [0.05, 0.1) is 0 Å². The van der Waals surface area contributed by atoms with Crippen LogP contribution in [0.4, 0.5) is 0 Å². The third-order valence-corrected chi connectivity index (χ3v) is 5.23. The molecule has 0 fully saturated rings. The molecule has 0 aromatic carbocycles. The van der Waals surface area contributed by atoms with Crippen LogP contribution >= 0.6 is 0 Å². The largest absolute Gasteiger partial charge is 0.500 e. The summed E-state index contributed by atoms with van der Waals surface area (Å²) in [4.78, 5) is 2.13. The number of nitrogens with zero attached hydrogens (tertiary/aromatic N) is 1. The molecule has 0 saturated heterocycles. The minimum Gasteiger partial charge on any atom is -0.377 e. The molecular formula is C10H26N2O3Si. The molecule has 0 aliphatic heterocycles. The van der Waals surface area contributed by atoms with E-state index in [0.717, 1.165) is 25.4 Å². The smallest absolute Gasteiger partial charge is 0.377 e. The van der Waals surface area contributed by atoms with Crippen LogP contribution < -0.4 is 5.73 Å². The fraction of sp³-hybridized carbons (Fsp3) is 1.00. The molecule has 98 valence electrons. The number of rotatable bonds is 10. The zero-order valence-corrected chi connectivity index (χ0v) is 12.0. The molecule has 0 unspecified atom stereocenters. The summed E-state index contributed by atoms with van der Waals surface area (Å²) in [5.41, 5.74) is 5.49. The molecule has 0 radical (unpaired) electrons. The first-order chi connectivity index (χ1) is 7.60. The second kappa shape index (κ2) is 9.09. The molecule has 2 N–H and O–H groups in total. The van der Waals surface area contributed by atoms with Crippen molar-refractivity contribution in [3.8, 4) is 0 Å². The van der Waals surface area contributed by atoms with Crippen LogP contribution in [0, 0.1) is 0 Å². The molecule has 0 bridgehead atoms. The van der Waals surface area contributed by atoms with E-state index in [1.807, 2.05) is 14.1 Å². The van der Waals surface area contributed by atoms with Crippen molar-refractivity contribution in [2.45, 2.75) is 18.9 Å². The van der Waals surface area contributed by atoms with E-state index in [0.29, 0.717) is 13.2 Å². The van der Waals surface area contributed by atoms with E-state index >= 15 is 0 Å². The Balaban J connectivity index is 3.91. The van der Waals surface area contributed by atoms with Gasteiger partial charge in [0.15, 0.2) is 0 Å². The maximum absolute atomic E-state index is 5.79. The molecule has 0 amide bonds. The Kier molecular flexibility index (Phi) is 9.10. The molecule has 6 heteroatoms. The third-order valence-electron chi connectivity index (χ3n) is 2.38. The maximum Gasteiger partial charge on any atom is 0.500 e. The van der Waals surface area contributed by atoms with Crippen molar-refractivity contribution in [3.63, 3.8) is 0 Å². The van der Waals surface area contributed by atoms with Crippen molar-refractivity contribution >= 4 is 8.80 Å². The number of hydrogen-bond acceptors (Lipinski definition) is 5. The summed E-state index contributed by atoms with van der Waals surface area (Å²) in [7, 11) is 4.96. The predicted molar refractivity (Wildman–Crippen MR) is 67.4 cm³/mol. The lowest BCUT2D eigenvalue weighted by molar-refractivity contribution is 0.0944. The second-order valence-corrected chi connectivity index (χ2v) is 6.96. The molecule has 0 rings (SSSR count). The van der Waals surface area contributed by atoms with Gasteiger partial charge < -0.3 is 23.9 Å². The van der Waals surface area contributed by atoms with Gasteiger partial charge in [-0.3, -0.25) is 0 Å². The monoisotopic (exact) mass is 250 g/mol. The Morgan fingerprint density at radius 1 is 1.12 bits per heavy atom. The second-order valence-electron chi connectivity index (χ2n) is 3.99. The summed E-state index contributed by atoms with van der Waals surface area (Å²) in [5, 5.41) is 0. The standard InChI is InChI=1S/C10H26N2O3Si/c1-12(2)8-6-9-15-16(13-3,14-4)10-5-7-11/h5-11H2,1-4H3. The molecule has 0 saturated carbocycles. The van der Waals surface area contributed by atoms with E-state index in [1.165, 1.54) is 0 Å². The Labute approximate surface area is 100 Å². The van der Waals surface area contributed by atoms with Crippen molar-refractivity contribution < 1.29 is 13.3 Å². The first-order valence-electron chi connectivity index (χ1n) is 5.69. The van der Waals surface area contributed by atoms with Crippen LogP contribution in [0.1, 0.15) is 12.8 Å². The summed E-state index contributed by atoms with van der Waals surface area (Å²) in [6, 6.07) is 0.790. The quantitative estimate of drug-likeness (QED) is 0.453. The first kappa shape index (κ1) is 16.0. The molecule has 0 spiro atoms. The average molecular weight is 250 g/mol. The molecule has 0 aromatic rings. The Morgan fingerprint density at radius 3 is 2.19 bits per heavy atom. The highest BCUT2D eigenvalue weighted by Gasteiger charge is 2.37. The van der Waals surface area contributed by atoms with Gasteiger partial charge in [-0.2, -0.15) is 0 Å². The van der Waals surface area contributed by atoms with Gasteiger partial charge in [-0.1, -0.05) is 0 Å². The zero-order valence-electron chi connectivity index (χ0n) is 11.0. The van der Waals surface area contributed by atoms with E-state index in [9.17, 15) is 0 Å². The summed E-state index contributed by atoms with van der Waals surface area (Å²) in [6.45, 7) is 2.33. The van der Waals surface area contributed by atoms with Gasteiger partial charge in [-0.25, -0.2) is 0 Å². The Morgan fingerprint density at radius 2 is 1.75 bits per heavy atom.